The molecule has 0 aliphatic heterocycles. The summed E-state index contributed by atoms with van der Waals surface area (Å²) in [6.07, 6.45) is 6.64. The van der Waals surface area contributed by atoms with Gasteiger partial charge in [-0.15, -0.1) is 17.0 Å². The lowest BCUT2D eigenvalue weighted by Crippen LogP contribution is -2.28. The Morgan fingerprint density at radius 2 is 1.89 bits per heavy atom. The molecule has 0 heterocycles. The Bertz CT molecular complexity index is 386. The van der Waals surface area contributed by atoms with Gasteiger partial charge in [0.05, 0.1) is 7.11 Å². The van der Waals surface area contributed by atoms with E-state index in [1.807, 2.05) is 6.07 Å². The van der Waals surface area contributed by atoms with Crippen LogP contribution < -0.4 is 4.74 Å². The van der Waals surface area contributed by atoms with Crippen molar-refractivity contribution in [3.05, 3.63) is 29.8 Å². The summed E-state index contributed by atoms with van der Waals surface area (Å²) in [6, 6.07) is 8.69. The minimum atomic E-state index is 0. The fraction of sp³-hybridized carbons (Fsp3) is 0.625. The van der Waals surface area contributed by atoms with Gasteiger partial charge >= 0.3 is 0 Å². The second kappa shape index (κ2) is 7.30. The van der Waals surface area contributed by atoms with Crippen LogP contribution in [0.1, 0.15) is 37.7 Å². The first kappa shape index (κ1) is 16.5. The van der Waals surface area contributed by atoms with Gasteiger partial charge in [-0.25, -0.2) is 0 Å². The van der Waals surface area contributed by atoms with E-state index in [-0.39, 0.29) is 17.0 Å². The normalized spacial score (nSPS) is 17.3. The SMILES string of the molecule is Br.COc1cccc(C2(CCN(C)C)CCCC2)c1. The molecule has 1 aliphatic rings. The molecule has 0 aromatic heterocycles. The van der Waals surface area contributed by atoms with Crippen molar-refractivity contribution in [1.29, 1.82) is 0 Å². The van der Waals surface area contributed by atoms with Crippen molar-refractivity contribution in [2.24, 2.45) is 0 Å². The summed E-state index contributed by atoms with van der Waals surface area (Å²) < 4.78 is 5.37. The Labute approximate surface area is 127 Å². The van der Waals surface area contributed by atoms with Crippen molar-refractivity contribution in [2.75, 3.05) is 27.7 Å². The maximum atomic E-state index is 5.37. The maximum Gasteiger partial charge on any atom is 0.119 e. The summed E-state index contributed by atoms with van der Waals surface area (Å²) in [4.78, 5) is 2.29. The van der Waals surface area contributed by atoms with Gasteiger partial charge in [-0.05, 0) is 63.0 Å². The highest BCUT2D eigenvalue weighted by Crippen LogP contribution is 2.44. The molecule has 2 nitrogen and oxygen atoms in total. The molecular weight excluding hydrogens is 302 g/mol. The zero-order valence-electron chi connectivity index (χ0n) is 12.3. The monoisotopic (exact) mass is 327 g/mol. The molecule has 108 valence electrons. The fourth-order valence-electron chi connectivity index (χ4n) is 3.13. The Morgan fingerprint density at radius 3 is 2.47 bits per heavy atom. The molecule has 1 aliphatic carbocycles. The number of benzene rings is 1. The van der Waals surface area contributed by atoms with E-state index in [0.29, 0.717) is 5.41 Å². The van der Waals surface area contributed by atoms with Gasteiger partial charge in [0, 0.05) is 0 Å². The summed E-state index contributed by atoms with van der Waals surface area (Å²) >= 11 is 0. The van der Waals surface area contributed by atoms with Crippen LogP contribution in [0.5, 0.6) is 5.75 Å². The standard InChI is InChI=1S/C16H25NO.BrH/c1-17(2)12-11-16(9-4-5-10-16)14-7-6-8-15(13-14)18-3;/h6-8,13H,4-5,9-12H2,1-3H3;1H. The van der Waals surface area contributed by atoms with Crippen LogP contribution in [-0.2, 0) is 5.41 Å². The highest BCUT2D eigenvalue weighted by Gasteiger charge is 2.35. The third kappa shape index (κ3) is 3.96. The van der Waals surface area contributed by atoms with Crippen LogP contribution in [0.2, 0.25) is 0 Å². The average Bonchev–Trinajstić information content (AvgIpc) is 2.86. The number of hydrogen-bond donors (Lipinski definition) is 0. The molecule has 0 saturated heterocycles. The van der Waals surface area contributed by atoms with Crippen LogP contribution in [0, 0.1) is 0 Å². The molecule has 0 radical (unpaired) electrons. The molecule has 1 aromatic carbocycles. The van der Waals surface area contributed by atoms with Gasteiger partial charge in [-0.1, -0.05) is 25.0 Å². The summed E-state index contributed by atoms with van der Waals surface area (Å²) in [5, 5.41) is 0. The Morgan fingerprint density at radius 1 is 1.21 bits per heavy atom. The van der Waals surface area contributed by atoms with E-state index >= 15 is 0 Å². The smallest absolute Gasteiger partial charge is 0.119 e. The van der Waals surface area contributed by atoms with Crippen molar-refractivity contribution in [3.8, 4) is 5.75 Å². The lowest BCUT2D eigenvalue weighted by molar-refractivity contribution is 0.314. The quantitative estimate of drug-likeness (QED) is 0.809. The number of ether oxygens (including phenoxy) is 1. The van der Waals surface area contributed by atoms with E-state index in [2.05, 4.69) is 37.2 Å². The first-order valence-electron chi connectivity index (χ1n) is 6.96. The Balaban J connectivity index is 0.00000180. The third-order valence-electron chi connectivity index (χ3n) is 4.28. The van der Waals surface area contributed by atoms with Crippen LogP contribution in [0.25, 0.3) is 0 Å². The van der Waals surface area contributed by atoms with Gasteiger partial charge in [0.1, 0.15) is 5.75 Å². The predicted octanol–water partition coefficient (Wildman–Crippen LogP) is 4.04. The minimum Gasteiger partial charge on any atom is -0.497 e. The van der Waals surface area contributed by atoms with Gasteiger partial charge in [-0.3, -0.25) is 0 Å². The summed E-state index contributed by atoms with van der Waals surface area (Å²) in [5.74, 6) is 0.989. The lowest BCUT2D eigenvalue weighted by atomic mass is 9.76. The van der Waals surface area contributed by atoms with E-state index < -0.39 is 0 Å². The molecule has 3 heteroatoms. The van der Waals surface area contributed by atoms with Crippen LogP contribution in [0.3, 0.4) is 0 Å². The van der Waals surface area contributed by atoms with E-state index in [0.717, 1.165) is 12.3 Å². The number of rotatable bonds is 5. The molecule has 0 spiro atoms. The number of methoxy groups -OCH3 is 1. The largest absolute Gasteiger partial charge is 0.497 e. The van der Waals surface area contributed by atoms with Crippen molar-refractivity contribution in [2.45, 2.75) is 37.5 Å². The first-order valence-corrected chi connectivity index (χ1v) is 6.96. The Kier molecular flexibility index (Phi) is 6.34. The molecule has 0 unspecified atom stereocenters. The highest BCUT2D eigenvalue weighted by atomic mass is 79.9. The van der Waals surface area contributed by atoms with Crippen molar-refractivity contribution in [1.82, 2.24) is 4.90 Å². The van der Waals surface area contributed by atoms with Gasteiger partial charge in [0.15, 0.2) is 0 Å². The fourth-order valence-corrected chi connectivity index (χ4v) is 3.13. The van der Waals surface area contributed by atoms with Gasteiger partial charge in [0.25, 0.3) is 0 Å². The van der Waals surface area contributed by atoms with Crippen LogP contribution in [0.15, 0.2) is 24.3 Å². The molecule has 0 N–H and O–H groups in total. The van der Waals surface area contributed by atoms with Crippen molar-refractivity contribution < 1.29 is 4.74 Å². The molecule has 1 saturated carbocycles. The van der Waals surface area contributed by atoms with E-state index in [9.17, 15) is 0 Å². The molecule has 0 bridgehead atoms. The molecule has 1 aromatic rings. The molecule has 2 rings (SSSR count). The van der Waals surface area contributed by atoms with Crippen LogP contribution >= 0.6 is 17.0 Å². The zero-order valence-corrected chi connectivity index (χ0v) is 14.0. The van der Waals surface area contributed by atoms with E-state index in [4.69, 9.17) is 4.74 Å². The number of halogens is 1. The summed E-state index contributed by atoms with van der Waals surface area (Å²) in [7, 11) is 6.07. The second-order valence-electron chi connectivity index (χ2n) is 5.77. The minimum absolute atomic E-state index is 0. The van der Waals surface area contributed by atoms with E-state index in [1.165, 1.54) is 37.7 Å². The second-order valence-corrected chi connectivity index (χ2v) is 5.77. The number of hydrogen-bond acceptors (Lipinski definition) is 2. The summed E-state index contributed by atoms with van der Waals surface area (Å²) in [5.41, 5.74) is 1.86. The molecule has 1 fully saturated rings. The van der Waals surface area contributed by atoms with Crippen molar-refractivity contribution in [3.63, 3.8) is 0 Å². The van der Waals surface area contributed by atoms with Gasteiger partial charge in [0.2, 0.25) is 0 Å². The van der Waals surface area contributed by atoms with Crippen LogP contribution in [0.4, 0.5) is 0 Å². The lowest BCUT2D eigenvalue weighted by Gasteiger charge is -2.31. The van der Waals surface area contributed by atoms with Crippen molar-refractivity contribution >= 4 is 17.0 Å². The van der Waals surface area contributed by atoms with Crippen LogP contribution in [-0.4, -0.2) is 32.6 Å². The van der Waals surface area contributed by atoms with Gasteiger partial charge in [-0.2, -0.15) is 0 Å². The summed E-state index contributed by atoms with van der Waals surface area (Å²) in [6.45, 7) is 1.16. The molecule has 0 atom stereocenters. The molecule has 0 amide bonds. The third-order valence-corrected chi connectivity index (χ3v) is 4.28. The highest BCUT2D eigenvalue weighted by molar-refractivity contribution is 8.93. The van der Waals surface area contributed by atoms with Gasteiger partial charge < -0.3 is 9.64 Å². The maximum absolute atomic E-state index is 5.37. The number of nitrogens with zero attached hydrogens (tertiary/aromatic N) is 1. The Hall–Kier alpha value is -0.540. The molecular formula is C16H26BrNO. The van der Waals surface area contributed by atoms with E-state index in [1.54, 1.807) is 7.11 Å². The predicted molar refractivity (Wildman–Crippen MR) is 86.6 cm³/mol. The zero-order chi connectivity index (χ0) is 13.0. The molecule has 19 heavy (non-hydrogen) atoms. The topological polar surface area (TPSA) is 12.5 Å². The first-order chi connectivity index (χ1) is 8.66. The average molecular weight is 328 g/mol.